The molecule has 22 heavy (non-hydrogen) atoms. The van der Waals surface area contributed by atoms with Gasteiger partial charge in [-0.1, -0.05) is 11.6 Å². The van der Waals surface area contributed by atoms with Gasteiger partial charge in [0.1, 0.15) is 24.1 Å². The number of benzene rings is 1. The van der Waals surface area contributed by atoms with Crippen LogP contribution in [0.5, 0.6) is 0 Å². The van der Waals surface area contributed by atoms with E-state index in [0.29, 0.717) is 4.60 Å². The third-order valence-electron chi connectivity index (χ3n) is 3.41. The van der Waals surface area contributed by atoms with Gasteiger partial charge in [-0.2, -0.15) is 0 Å². The lowest BCUT2D eigenvalue weighted by molar-refractivity contribution is -0.385. The van der Waals surface area contributed by atoms with E-state index in [0.717, 1.165) is 6.07 Å². The average Bonchev–Trinajstić information content (AvgIpc) is 2.78. The molecular weight excluding hydrogens is 381 g/mol. The first-order valence-electron chi connectivity index (χ1n) is 6.16. The van der Waals surface area contributed by atoms with Gasteiger partial charge in [0.2, 0.25) is 5.91 Å². The predicted molar refractivity (Wildman–Crippen MR) is 80.2 cm³/mol. The minimum absolute atomic E-state index is 0.0623. The fraction of sp³-hybridized carbons (Fsp3) is 0.154. The van der Waals surface area contributed by atoms with E-state index in [1.807, 2.05) is 0 Å². The van der Waals surface area contributed by atoms with Crippen molar-refractivity contribution in [1.29, 1.82) is 0 Å². The number of rotatable bonds is 2. The van der Waals surface area contributed by atoms with Crippen LogP contribution in [0.2, 0.25) is 5.02 Å². The van der Waals surface area contributed by atoms with Crippen LogP contribution in [0.1, 0.15) is 17.3 Å². The second-order valence-electron chi connectivity index (χ2n) is 4.75. The van der Waals surface area contributed by atoms with Crippen molar-refractivity contribution in [2.24, 2.45) is 0 Å². The van der Waals surface area contributed by atoms with E-state index in [9.17, 15) is 19.3 Å². The number of fused-ring (bicyclic) bond motifs is 1. The number of carbonyl (C=O) groups excluding carboxylic acids is 1. The zero-order valence-corrected chi connectivity index (χ0v) is 13.2. The first-order chi connectivity index (χ1) is 10.4. The molecule has 1 unspecified atom stereocenters. The van der Waals surface area contributed by atoms with Gasteiger partial charge in [-0.25, -0.2) is 4.39 Å². The highest BCUT2D eigenvalue weighted by atomic mass is 79.9. The summed E-state index contributed by atoms with van der Waals surface area (Å²) in [6, 6.07) is 4.11. The molecule has 0 bridgehead atoms. The topological polar surface area (TPSA) is 77.2 Å². The summed E-state index contributed by atoms with van der Waals surface area (Å²) in [6.07, 6.45) is 0. The maximum Gasteiger partial charge on any atom is 0.293 e. The van der Waals surface area contributed by atoms with Gasteiger partial charge in [-0.05, 0) is 34.1 Å². The summed E-state index contributed by atoms with van der Waals surface area (Å²) in [5.74, 6) is -0.886. The molecule has 0 fully saturated rings. The number of halogens is 3. The highest BCUT2D eigenvalue weighted by molar-refractivity contribution is 9.10. The Labute approximate surface area is 137 Å². The summed E-state index contributed by atoms with van der Waals surface area (Å²) in [7, 11) is 0. The molecule has 1 atom stereocenters. The third kappa shape index (κ3) is 2.38. The number of carbonyl (C=O) groups is 1. The van der Waals surface area contributed by atoms with Crippen molar-refractivity contribution < 1.29 is 14.1 Å². The van der Waals surface area contributed by atoms with E-state index < -0.39 is 16.8 Å². The number of hydrogen-bond donors (Lipinski definition) is 1. The van der Waals surface area contributed by atoms with E-state index >= 15 is 0 Å². The molecule has 3 rings (SSSR count). The lowest BCUT2D eigenvalue weighted by atomic mass is 10.0. The highest BCUT2D eigenvalue weighted by Gasteiger charge is 2.36. The van der Waals surface area contributed by atoms with Gasteiger partial charge in [-0.3, -0.25) is 14.9 Å². The van der Waals surface area contributed by atoms with Gasteiger partial charge in [0.25, 0.3) is 5.69 Å². The van der Waals surface area contributed by atoms with E-state index in [2.05, 4.69) is 21.2 Å². The van der Waals surface area contributed by atoms with Gasteiger partial charge in [0, 0.05) is 16.7 Å². The quantitative estimate of drug-likeness (QED) is 0.634. The fourth-order valence-electron chi connectivity index (χ4n) is 2.51. The molecule has 2 aromatic rings. The van der Waals surface area contributed by atoms with Gasteiger partial charge in [-0.15, -0.1) is 0 Å². The summed E-state index contributed by atoms with van der Waals surface area (Å²) < 4.78 is 15.4. The molecular formula is C13H8BrClFN3O3. The molecule has 6 nitrogen and oxygen atoms in total. The first kappa shape index (κ1) is 15.0. The van der Waals surface area contributed by atoms with Gasteiger partial charge < -0.3 is 9.88 Å². The Morgan fingerprint density at radius 3 is 2.86 bits per heavy atom. The Morgan fingerprint density at radius 1 is 1.45 bits per heavy atom. The summed E-state index contributed by atoms with van der Waals surface area (Å²) >= 11 is 9.28. The zero-order chi connectivity index (χ0) is 16.0. The van der Waals surface area contributed by atoms with Gasteiger partial charge in [0.05, 0.1) is 9.53 Å². The molecule has 0 aliphatic carbocycles. The molecule has 1 aliphatic rings. The Morgan fingerprint density at radius 2 is 2.18 bits per heavy atom. The maximum atomic E-state index is 13.5. The molecule has 2 heterocycles. The summed E-state index contributed by atoms with van der Waals surface area (Å²) in [5.41, 5.74) is 0.353. The zero-order valence-electron chi connectivity index (χ0n) is 10.8. The third-order valence-corrected chi connectivity index (χ3v) is 4.41. The second-order valence-corrected chi connectivity index (χ2v) is 5.97. The van der Waals surface area contributed by atoms with Crippen molar-refractivity contribution in [2.45, 2.75) is 12.6 Å². The SMILES string of the molecule is O=C1Cn2c(Br)cc([N+](=O)[O-])c2C(c2cc(F)ccc2Cl)N1. The van der Waals surface area contributed by atoms with E-state index in [-0.39, 0.29) is 34.4 Å². The van der Waals surface area contributed by atoms with Crippen LogP contribution in [0.15, 0.2) is 28.9 Å². The standard InChI is InChI=1S/C13H8BrClFN3O3/c14-10-4-9(19(21)22)13-12(17-11(20)5-18(10)13)7-3-6(16)1-2-8(7)15/h1-4,12H,5H2,(H,17,20). The number of amides is 1. The number of nitrogens with zero attached hydrogens (tertiary/aromatic N) is 2. The molecule has 9 heteroatoms. The van der Waals surface area contributed by atoms with Crippen LogP contribution in [0, 0.1) is 15.9 Å². The van der Waals surface area contributed by atoms with E-state index in [1.165, 1.54) is 22.8 Å². The molecule has 1 aliphatic heterocycles. The molecule has 1 aromatic carbocycles. The van der Waals surface area contributed by atoms with Crippen LogP contribution < -0.4 is 5.32 Å². The predicted octanol–water partition coefficient (Wildman–Crippen LogP) is 3.17. The minimum atomic E-state index is -0.892. The Balaban J connectivity index is 2.25. The van der Waals surface area contributed by atoms with Crippen LogP contribution in [0.25, 0.3) is 0 Å². The molecule has 114 valence electrons. The normalized spacial score (nSPS) is 17.0. The number of nitro groups is 1. The van der Waals surface area contributed by atoms with Crippen LogP contribution in [0.4, 0.5) is 10.1 Å². The average molecular weight is 389 g/mol. The lowest BCUT2D eigenvalue weighted by Gasteiger charge is -2.26. The summed E-state index contributed by atoms with van der Waals surface area (Å²) in [4.78, 5) is 22.6. The maximum absolute atomic E-state index is 13.5. The first-order valence-corrected chi connectivity index (χ1v) is 7.33. The summed E-state index contributed by atoms with van der Waals surface area (Å²) in [6.45, 7) is -0.0623. The van der Waals surface area contributed by atoms with Crippen LogP contribution in [-0.2, 0) is 11.3 Å². The van der Waals surface area contributed by atoms with Gasteiger partial charge in [0.15, 0.2) is 0 Å². The molecule has 0 radical (unpaired) electrons. The van der Waals surface area contributed by atoms with Crippen LogP contribution in [0.3, 0.4) is 0 Å². The molecule has 0 spiro atoms. The van der Waals surface area contributed by atoms with E-state index in [1.54, 1.807) is 0 Å². The van der Waals surface area contributed by atoms with Crippen molar-refractivity contribution in [3.8, 4) is 0 Å². The van der Waals surface area contributed by atoms with E-state index in [4.69, 9.17) is 11.6 Å². The summed E-state index contributed by atoms with van der Waals surface area (Å²) in [5, 5.41) is 14.1. The number of nitrogens with one attached hydrogen (secondary N) is 1. The second kappa shape index (κ2) is 5.36. The molecule has 1 N–H and O–H groups in total. The van der Waals surface area contributed by atoms with Crippen LogP contribution in [-0.4, -0.2) is 15.4 Å². The van der Waals surface area contributed by atoms with Crippen molar-refractivity contribution in [3.63, 3.8) is 0 Å². The monoisotopic (exact) mass is 387 g/mol. The minimum Gasteiger partial charge on any atom is -0.342 e. The number of hydrogen-bond acceptors (Lipinski definition) is 3. The lowest BCUT2D eigenvalue weighted by Crippen LogP contribution is -2.39. The molecule has 0 saturated carbocycles. The number of aromatic nitrogens is 1. The van der Waals surface area contributed by atoms with Crippen molar-refractivity contribution in [1.82, 2.24) is 9.88 Å². The van der Waals surface area contributed by atoms with Crippen LogP contribution >= 0.6 is 27.5 Å². The largest absolute Gasteiger partial charge is 0.342 e. The molecule has 0 saturated heterocycles. The Kier molecular flexibility index (Phi) is 3.65. The van der Waals surface area contributed by atoms with Crippen molar-refractivity contribution >= 4 is 39.1 Å². The molecule has 1 aromatic heterocycles. The fourth-order valence-corrected chi connectivity index (χ4v) is 3.27. The Bertz CT molecular complexity index is 808. The van der Waals surface area contributed by atoms with Crippen molar-refractivity contribution in [2.75, 3.05) is 0 Å². The highest BCUT2D eigenvalue weighted by Crippen LogP contribution is 2.39. The van der Waals surface area contributed by atoms with Gasteiger partial charge >= 0.3 is 0 Å². The molecule has 1 amide bonds. The Hall–Kier alpha value is -1.93. The van der Waals surface area contributed by atoms with Crippen molar-refractivity contribution in [3.05, 3.63) is 61.1 Å². The smallest absolute Gasteiger partial charge is 0.293 e.